The molecule has 3 aliphatic heterocycles. The molecule has 2 N–H and O–H groups in total. The lowest BCUT2D eigenvalue weighted by atomic mass is 9.90. The molecule has 11 heteroatoms. The number of nitrogens with zero attached hydrogens (tertiary/aromatic N) is 5. The molecule has 2 unspecified atom stereocenters. The van der Waals surface area contributed by atoms with Crippen molar-refractivity contribution >= 4 is 23.8 Å². The van der Waals surface area contributed by atoms with E-state index in [9.17, 15) is 14.7 Å². The van der Waals surface area contributed by atoms with Crippen molar-refractivity contribution in [3.8, 4) is 0 Å². The van der Waals surface area contributed by atoms with E-state index in [1.165, 1.54) is 27.3 Å². The van der Waals surface area contributed by atoms with Gasteiger partial charge in [-0.25, -0.2) is 4.79 Å². The van der Waals surface area contributed by atoms with Crippen LogP contribution in [0, 0.1) is 0 Å². The molecule has 4 rings (SSSR count). The quantitative estimate of drug-likeness (QED) is 0.633. The topological polar surface area (TPSA) is 122 Å². The van der Waals surface area contributed by atoms with E-state index >= 15 is 0 Å². The maximum atomic E-state index is 12.1. The van der Waals surface area contributed by atoms with Crippen LogP contribution in [0.25, 0.3) is 0 Å². The molecule has 0 aliphatic carbocycles. The highest BCUT2D eigenvalue weighted by atomic mass is 32.2. The fourth-order valence-electron chi connectivity index (χ4n) is 3.23. The Bertz CT molecular complexity index is 676. The Morgan fingerprint density at radius 2 is 2.45 bits per heavy atom. The first-order valence-corrected chi connectivity index (χ1v) is 7.49. The third kappa shape index (κ3) is 1.72. The lowest BCUT2D eigenvalue weighted by Gasteiger charge is -2.48. The zero-order valence-electron chi connectivity index (χ0n) is 11.4. The summed E-state index contributed by atoms with van der Waals surface area (Å²) < 4.78 is 7.14. The summed E-state index contributed by atoms with van der Waals surface area (Å²) in [4.78, 5) is 25.1. The average molecular weight is 324 g/mol. The van der Waals surface area contributed by atoms with Crippen LogP contribution in [0.2, 0.25) is 0 Å². The van der Waals surface area contributed by atoms with E-state index in [2.05, 4.69) is 20.8 Å². The van der Waals surface area contributed by atoms with Gasteiger partial charge in [0.2, 0.25) is 5.91 Å². The molecule has 1 aromatic heterocycles. The molecule has 116 valence electrons. The summed E-state index contributed by atoms with van der Waals surface area (Å²) in [6.45, 7) is 2.07. The number of carbonyl (C=O) groups is 2. The van der Waals surface area contributed by atoms with E-state index in [1.54, 1.807) is 0 Å². The summed E-state index contributed by atoms with van der Waals surface area (Å²) in [7, 11) is 0. The van der Waals surface area contributed by atoms with Gasteiger partial charge in [0, 0.05) is 5.57 Å². The zero-order valence-corrected chi connectivity index (χ0v) is 12.2. The van der Waals surface area contributed by atoms with Gasteiger partial charge in [0.1, 0.15) is 17.8 Å². The number of aliphatic carboxylic acids is 1. The van der Waals surface area contributed by atoms with Crippen molar-refractivity contribution in [3.05, 3.63) is 17.6 Å². The van der Waals surface area contributed by atoms with Gasteiger partial charge in [0.05, 0.1) is 18.0 Å². The number of β-lactam (4-membered cyclic amide) rings is 1. The summed E-state index contributed by atoms with van der Waals surface area (Å²) in [5.74, 6) is -1.34. The molecule has 0 saturated carbocycles. The van der Waals surface area contributed by atoms with E-state index in [-0.39, 0.29) is 35.7 Å². The highest BCUT2D eigenvalue weighted by Crippen LogP contribution is 2.45. The van der Waals surface area contributed by atoms with Gasteiger partial charge in [-0.1, -0.05) is 0 Å². The van der Waals surface area contributed by atoms with Gasteiger partial charge >= 0.3 is 5.97 Å². The molecule has 4 heterocycles. The van der Waals surface area contributed by atoms with Gasteiger partial charge in [0.15, 0.2) is 6.33 Å². The Labute approximate surface area is 128 Å². The van der Waals surface area contributed by atoms with Crippen LogP contribution in [0.3, 0.4) is 0 Å². The Morgan fingerprint density at radius 3 is 3.14 bits per heavy atom. The van der Waals surface area contributed by atoms with Gasteiger partial charge in [-0.15, -0.1) is 5.10 Å². The zero-order chi connectivity index (χ0) is 15.4. The Balaban J connectivity index is 1.71. The van der Waals surface area contributed by atoms with Crippen LogP contribution in [-0.4, -0.2) is 71.7 Å². The molecule has 0 bridgehead atoms. The second-order valence-electron chi connectivity index (χ2n) is 5.18. The molecule has 10 nitrogen and oxygen atoms in total. The molecular weight excluding hydrogens is 312 g/mol. The summed E-state index contributed by atoms with van der Waals surface area (Å²) >= 11 is 1.27. The summed E-state index contributed by atoms with van der Waals surface area (Å²) in [6, 6.07) is -0.643. The summed E-state index contributed by atoms with van der Waals surface area (Å²) in [5.41, 5.74) is 0.614. The van der Waals surface area contributed by atoms with Crippen molar-refractivity contribution in [2.75, 3.05) is 6.73 Å². The highest BCUT2D eigenvalue weighted by molar-refractivity contribution is 7.98. The number of carbonyl (C=O) groups excluding carboxylic acids is 1. The van der Waals surface area contributed by atoms with Crippen molar-refractivity contribution in [2.45, 2.75) is 30.4 Å². The summed E-state index contributed by atoms with van der Waals surface area (Å²) in [6.07, 6.45) is 1.03. The van der Waals surface area contributed by atoms with Crippen molar-refractivity contribution in [2.24, 2.45) is 0 Å². The number of hydrogen-bond donors (Lipinski definition) is 2. The average Bonchev–Trinajstić information content (AvgIpc) is 3.10. The minimum Gasteiger partial charge on any atom is -0.477 e. The van der Waals surface area contributed by atoms with Gasteiger partial charge in [-0.3, -0.25) is 15.0 Å². The molecule has 0 radical (unpaired) electrons. The van der Waals surface area contributed by atoms with Crippen molar-refractivity contribution in [1.29, 1.82) is 0 Å². The molecule has 1 amide bonds. The molecule has 2 saturated heterocycles. The van der Waals surface area contributed by atoms with Crippen LogP contribution < -0.4 is 5.32 Å². The number of carboxylic acids is 1. The first-order valence-electron chi connectivity index (χ1n) is 6.65. The SMILES string of the molecule is CC(Sn1cnnn1)C1=C(C(=O)O)N2C(=O)[C@H]3NCOC1[C@H]32. The monoisotopic (exact) mass is 324 g/mol. The maximum Gasteiger partial charge on any atom is 0.352 e. The van der Waals surface area contributed by atoms with E-state index in [0.717, 1.165) is 0 Å². The molecule has 0 spiro atoms. The van der Waals surface area contributed by atoms with Gasteiger partial charge in [-0.2, -0.15) is 4.09 Å². The second-order valence-corrected chi connectivity index (χ2v) is 6.47. The molecule has 22 heavy (non-hydrogen) atoms. The normalized spacial score (nSPS) is 31.0. The molecule has 2 fully saturated rings. The number of carboxylic acid groups (broad SMARTS) is 1. The first kappa shape index (κ1) is 13.7. The predicted molar refractivity (Wildman–Crippen MR) is 72.2 cm³/mol. The minimum absolute atomic E-state index is 0.0213. The van der Waals surface area contributed by atoms with Crippen molar-refractivity contribution in [1.82, 2.24) is 29.8 Å². The standard InChI is InChI=1S/C11H12N6O4S/c1-4(22-16-2-13-14-15-16)5-7(11(19)20)17-8-6(10(17)18)12-3-21-9(5)8/h2,4,6,8-9,12H,3H2,1H3,(H,19,20)/t4?,6-,8-,9?/m0/s1. The van der Waals surface area contributed by atoms with Crippen LogP contribution in [0.15, 0.2) is 17.6 Å². The van der Waals surface area contributed by atoms with E-state index in [1.807, 2.05) is 6.92 Å². The molecule has 3 aliphatic rings. The van der Waals surface area contributed by atoms with E-state index in [0.29, 0.717) is 5.57 Å². The third-order valence-electron chi connectivity index (χ3n) is 4.08. The molecule has 4 atom stereocenters. The second kappa shape index (κ2) is 4.76. The first-order chi connectivity index (χ1) is 10.6. The van der Waals surface area contributed by atoms with Crippen LogP contribution >= 0.6 is 11.9 Å². The van der Waals surface area contributed by atoms with Gasteiger partial charge in [0.25, 0.3) is 0 Å². The lowest BCUT2D eigenvalue weighted by Crippen LogP contribution is -2.73. The highest BCUT2D eigenvalue weighted by Gasteiger charge is 2.62. The van der Waals surface area contributed by atoms with Crippen LogP contribution in [0.1, 0.15) is 6.92 Å². The number of aromatic nitrogens is 4. The molecule has 0 aromatic carbocycles. The van der Waals surface area contributed by atoms with Crippen LogP contribution in [-0.2, 0) is 14.3 Å². The van der Waals surface area contributed by atoms with Crippen molar-refractivity contribution < 1.29 is 19.4 Å². The Hall–Kier alpha value is -1.98. The fourth-order valence-corrected chi connectivity index (χ4v) is 4.09. The number of rotatable bonds is 4. The fraction of sp³-hybridized carbons (Fsp3) is 0.545. The molecular formula is C11H12N6O4S. The third-order valence-corrected chi connectivity index (χ3v) is 5.03. The van der Waals surface area contributed by atoms with Gasteiger partial charge < -0.3 is 9.84 Å². The van der Waals surface area contributed by atoms with Crippen molar-refractivity contribution in [3.63, 3.8) is 0 Å². The Morgan fingerprint density at radius 1 is 1.64 bits per heavy atom. The number of hydrogen-bond acceptors (Lipinski definition) is 8. The minimum atomic E-state index is -1.12. The number of tetrazole rings is 1. The molecule has 1 aromatic rings. The largest absolute Gasteiger partial charge is 0.477 e. The Kier molecular flexibility index (Phi) is 2.96. The predicted octanol–water partition coefficient (Wildman–Crippen LogP) is -1.56. The van der Waals surface area contributed by atoms with Crippen LogP contribution in [0.5, 0.6) is 0 Å². The number of ether oxygens (including phenoxy) is 1. The van der Waals surface area contributed by atoms with Gasteiger partial charge in [-0.05, 0) is 29.3 Å². The van der Waals surface area contributed by atoms with E-state index < -0.39 is 12.1 Å². The lowest BCUT2D eigenvalue weighted by molar-refractivity contribution is -0.163. The maximum absolute atomic E-state index is 12.1. The smallest absolute Gasteiger partial charge is 0.352 e. The van der Waals surface area contributed by atoms with E-state index in [4.69, 9.17) is 4.74 Å². The number of amides is 1. The van der Waals surface area contributed by atoms with Crippen LogP contribution in [0.4, 0.5) is 0 Å². The number of nitrogens with one attached hydrogen (secondary N) is 1. The summed E-state index contributed by atoms with van der Waals surface area (Å²) in [5, 5.41) is 23.1.